The summed E-state index contributed by atoms with van der Waals surface area (Å²) in [6.07, 6.45) is 1.60. The second kappa shape index (κ2) is 9.56. The molecule has 1 rings (SSSR count). The minimum absolute atomic E-state index is 0.0622. The number of alkyl carbamates (subject to hydrolysis) is 1. The van der Waals surface area contributed by atoms with Gasteiger partial charge in [-0.15, -0.1) is 0 Å². The molecule has 1 aromatic rings. The summed E-state index contributed by atoms with van der Waals surface area (Å²) in [6, 6.07) is 3.08. The predicted molar refractivity (Wildman–Crippen MR) is 87.5 cm³/mol. The smallest absolute Gasteiger partial charge is 0.413 e. The Bertz CT molecular complexity index is 657. The summed E-state index contributed by atoms with van der Waals surface area (Å²) >= 11 is 3.15. The SMILES string of the molecule is CCOC(=O)NC(=O)COC(=O)/C=C/c1cc(Br)c(O)c(OC)c1. The number of methoxy groups -OCH3 is 1. The van der Waals surface area contributed by atoms with E-state index in [-0.39, 0.29) is 18.1 Å². The maximum absolute atomic E-state index is 11.5. The summed E-state index contributed by atoms with van der Waals surface area (Å²) in [7, 11) is 1.39. The number of benzene rings is 1. The van der Waals surface area contributed by atoms with Gasteiger partial charge in [-0.2, -0.15) is 0 Å². The van der Waals surface area contributed by atoms with Crippen LogP contribution in [-0.2, 0) is 19.1 Å². The number of hydrogen-bond donors (Lipinski definition) is 2. The molecule has 2 amide bonds. The van der Waals surface area contributed by atoms with Crippen molar-refractivity contribution in [2.45, 2.75) is 6.92 Å². The molecule has 0 radical (unpaired) electrons. The number of rotatable bonds is 6. The number of carbonyl (C=O) groups excluding carboxylic acids is 3. The van der Waals surface area contributed by atoms with Crippen LogP contribution in [0, 0.1) is 0 Å². The highest BCUT2D eigenvalue weighted by atomic mass is 79.9. The number of imide groups is 1. The zero-order valence-corrected chi connectivity index (χ0v) is 14.6. The fraction of sp³-hybridized carbons (Fsp3) is 0.267. The Kier molecular flexibility index (Phi) is 7.76. The number of amides is 2. The van der Waals surface area contributed by atoms with Crippen LogP contribution in [-0.4, -0.2) is 43.4 Å². The lowest BCUT2D eigenvalue weighted by molar-refractivity contribution is -0.143. The van der Waals surface area contributed by atoms with Gasteiger partial charge in [-0.1, -0.05) is 0 Å². The molecular formula is C15H16BrNO7. The topological polar surface area (TPSA) is 111 Å². The van der Waals surface area contributed by atoms with E-state index in [1.807, 2.05) is 5.32 Å². The lowest BCUT2D eigenvalue weighted by Gasteiger charge is -2.06. The van der Waals surface area contributed by atoms with Crippen molar-refractivity contribution in [3.8, 4) is 11.5 Å². The molecule has 0 saturated heterocycles. The van der Waals surface area contributed by atoms with Gasteiger partial charge in [-0.3, -0.25) is 10.1 Å². The van der Waals surface area contributed by atoms with Crippen molar-refractivity contribution in [1.82, 2.24) is 5.32 Å². The molecule has 0 spiro atoms. The summed E-state index contributed by atoms with van der Waals surface area (Å²) in [6.45, 7) is 1.09. The van der Waals surface area contributed by atoms with Gasteiger partial charge in [0.15, 0.2) is 18.1 Å². The molecule has 9 heteroatoms. The third kappa shape index (κ3) is 6.29. The standard InChI is InChI=1S/C15H16BrNO7/c1-3-23-15(21)17-12(18)8-24-13(19)5-4-9-6-10(16)14(20)11(7-9)22-2/h4-7,20H,3,8H2,1-2H3,(H,17,18,21)/b5-4+. The number of phenols is 1. The maximum Gasteiger partial charge on any atom is 0.413 e. The van der Waals surface area contributed by atoms with Crippen LogP contribution in [0.1, 0.15) is 12.5 Å². The number of hydrogen-bond acceptors (Lipinski definition) is 7. The number of aromatic hydroxyl groups is 1. The predicted octanol–water partition coefficient (Wildman–Crippen LogP) is 1.99. The van der Waals surface area contributed by atoms with Crippen LogP contribution < -0.4 is 10.1 Å². The highest BCUT2D eigenvalue weighted by molar-refractivity contribution is 9.10. The molecule has 0 heterocycles. The van der Waals surface area contributed by atoms with Gasteiger partial charge in [0, 0.05) is 6.08 Å². The van der Waals surface area contributed by atoms with Crippen molar-refractivity contribution >= 4 is 40.0 Å². The number of esters is 1. The number of nitrogens with one attached hydrogen (secondary N) is 1. The van der Waals surface area contributed by atoms with Crippen LogP contribution in [0.5, 0.6) is 11.5 Å². The lowest BCUT2D eigenvalue weighted by Crippen LogP contribution is -2.34. The van der Waals surface area contributed by atoms with E-state index in [1.165, 1.54) is 19.3 Å². The first-order valence-electron chi connectivity index (χ1n) is 6.75. The maximum atomic E-state index is 11.5. The Balaban J connectivity index is 2.56. The summed E-state index contributed by atoms with van der Waals surface area (Å²) < 4.78 is 14.6. The summed E-state index contributed by atoms with van der Waals surface area (Å²) in [5.41, 5.74) is 0.560. The van der Waals surface area contributed by atoms with E-state index in [2.05, 4.69) is 25.4 Å². The Hall–Kier alpha value is -2.55. The fourth-order valence-electron chi connectivity index (χ4n) is 1.51. The van der Waals surface area contributed by atoms with Gasteiger partial charge in [0.25, 0.3) is 5.91 Å². The van der Waals surface area contributed by atoms with Crippen molar-refractivity contribution in [3.05, 3.63) is 28.2 Å². The monoisotopic (exact) mass is 401 g/mol. The van der Waals surface area contributed by atoms with Crippen LogP contribution in [0.25, 0.3) is 6.08 Å². The minimum Gasteiger partial charge on any atom is -0.503 e. The lowest BCUT2D eigenvalue weighted by atomic mass is 10.2. The largest absolute Gasteiger partial charge is 0.503 e. The number of halogens is 1. The number of ether oxygens (including phenoxy) is 3. The van der Waals surface area contributed by atoms with Crippen molar-refractivity contribution in [1.29, 1.82) is 0 Å². The highest BCUT2D eigenvalue weighted by Crippen LogP contribution is 2.35. The van der Waals surface area contributed by atoms with E-state index in [9.17, 15) is 19.5 Å². The number of phenolic OH excluding ortho intramolecular Hbond substituents is 1. The Morgan fingerprint density at radius 2 is 2.00 bits per heavy atom. The zero-order valence-electron chi connectivity index (χ0n) is 13.0. The van der Waals surface area contributed by atoms with Gasteiger partial charge in [0.1, 0.15) is 0 Å². The van der Waals surface area contributed by atoms with E-state index in [1.54, 1.807) is 13.0 Å². The molecule has 0 aliphatic heterocycles. The molecule has 0 unspecified atom stereocenters. The fourth-order valence-corrected chi connectivity index (χ4v) is 1.97. The Morgan fingerprint density at radius 1 is 1.29 bits per heavy atom. The number of carbonyl (C=O) groups is 3. The molecule has 0 aliphatic carbocycles. The second-order valence-electron chi connectivity index (χ2n) is 4.26. The third-order valence-electron chi connectivity index (χ3n) is 2.54. The van der Waals surface area contributed by atoms with E-state index in [0.717, 1.165) is 6.08 Å². The Morgan fingerprint density at radius 3 is 2.62 bits per heavy atom. The van der Waals surface area contributed by atoms with E-state index in [4.69, 9.17) is 4.74 Å². The van der Waals surface area contributed by atoms with Gasteiger partial charge >= 0.3 is 12.1 Å². The highest BCUT2D eigenvalue weighted by Gasteiger charge is 2.10. The van der Waals surface area contributed by atoms with Gasteiger partial charge in [0.05, 0.1) is 18.2 Å². The van der Waals surface area contributed by atoms with Gasteiger partial charge in [-0.05, 0) is 46.6 Å². The van der Waals surface area contributed by atoms with Crippen LogP contribution in [0.3, 0.4) is 0 Å². The summed E-state index contributed by atoms with van der Waals surface area (Å²) in [5.74, 6) is -1.42. The molecule has 1 aromatic carbocycles. The molecule has 2 N–H and O–H groups in total. The van der Waals surface area contributed by atoms with Crippen LogP contribution in [0.4, 0.5) is 4.79 Å². The average Bonchev–Trinajstić information content (AvgIpc) is 2.54. The van der Waals surface area contributed by atoms with Crippen LogP contribution in [0.15, 0.2) is 22.7 Å². The molecule has 24 heavy (non-hydrogen) atoms. The quantitative estimate of drug-likeness (QED) is 0.553. The molecule has 0 atom stereocenters. The molecule has 130 valence electrons. The molecule has 0 aromatic heterocycles. The van der Waals surface area contributed by atoms with Crippen molar-refractivity contribution in [2.24, 2.45) is 0 Å². The van der Waals surface area contributed by atoms with E-state index >= 15 is 0 Å². The van der Waals surface area contributed by atoms with Gasteiger partial charge in [-0.25, -0.2) is 9.59 Å². The zero-order chi connectivity index (χ0) is 18.1. The van der Waals surface area contributed by atoms with Crippen molar-refractivity contribution in [2.75, 3.05) is 20.3 Å². The summed E-state index contributed by atoms with van der Waals surface area (Å²) in [4.78, 5) is 33.8. The molecule has 0 aliphatic rings. The van der Waals surface area contributed by atoms with Gasteiger partial charge in [0.2, 0.25) is 0 Å². The first-order chi connectivity index (χ1) is 11.4. The third-order valence-corrected chi connectivity index (χ3v) is 3.15. The average molecular weight is 402 g/mol. The van der Waals surface area contributed by atoms with E-state index in [0.29, 0.717) is 10.0 Å². The minimum atomic E-state index is -0.907. The van der Waals surface area contributed by atoms with Crippen LogP contribution >= 0.6 is 15.9 Å². The van der Waals surface area contributed by atoms with Crippen molar-refractivity contribution < 1.29 is 33.7 Å². The molecule has 0 bridgehead atoms. The first kappa shape index (κ1) is 19.5. The van der Waals surface area contributed by atoms with E-state index < -0.39 is 24.6 Å². The molecule has 0 fully saturated rings. The Labute approximate surface area is 146 Å². The normalized spacial score (nSPS) is 10.3. The molecular weight excluding hydrogens is 386 g/mol. The summed E-state index contributed by atoms with van der Waals surface area (Å²) in [5, 5.41) is 11.6. The van der Waals surface area contributed by atoms with Crippen LogP contribution in [0.2, 0.25) is 0 Å². The molecule has 8 nitrogen and oxygen atoms in total. The first-order valence-corrected chi connectivity index (χ1v) is 7.54. The molecule has 0 saturated carbocycles. The van der Waals surface area contributed by atoms with Gasteiger partial charge < -0.3 is 19.3 Å². The second-order valence-corrected chi connectivity index (χ2v) is 5.12. The van der Waals surface area contributed by atoms with Crippen molar-refractivity contribution in [3.63, 3.8) is 0 Å².